The molecule has 28 heavy (non-hydrogen) atoms. The van der Waals surface area contributed by atoms with E-state index < -0.39 is 5.91 Å². The van der Waals surface area contributed by atoms with Crippen LogP contribution in [0.1, 0.15) is 34.2 Å². The molecule has 0 bridgehead atoms. The fourth-order valence-electron chi connectivity index (χ4n) is 3.05. The van der Waals surface area contributed by atoms with Crippen LogP contribution in [0.3, 0.4) is 0 Å². The normalized spacial score (nSPS) is 11.5. The minimum absolute atomic E-state index is 0.318. The second-order valence-corrected chi connectivity index (χ2v) is 6.59. The highest BCUT2D eigenvalue weighted by Crippen LogP contribution is 2.34. The van der Waals surface area contributed by atoms with Crippen LogP contribution in [-0.4, -0.2) is 18.9 Å². The van der Waals surface area contributed by atoms with E-state index in [1.807, 2.05) is 32.9 Å². The quantitative estimate of drug-likeness (QED) is 0.651. The fourth-order valence-corrected chi connectivity index (χ4v) is 3.05. The van der Waals surface area contributed by atoms with Crippen LogP contribution in [0.2, 0.25) is 0 Å². The molecule has 0 fully saturated rings. The number of furan rings is 1. The Morgan fingerprint density at radius 2 is 1.93 bits per heavy atom. The van der Waals surface area contributed by atoms with Crippen LogP contribution < -0.4 is 15.8 Å². The molecule has 144 valence electrons. The predicted molar refractivity (Wildman–Crippen MR) is 109 cm³/mol. The van der Waals surface area contributed by atoms with Crippen molar-refractivity contribution in [1.82, 2.24) is 0 Å². The summed E-state index contributed by atoms with van der Waals surface area (Å²) in [6.07, 6.45) is 1.49. The van der Waals surface area contributed by atoms with Gasteiger partial charge in [-0.25, -0.2) is 0 Å². The van der Waals surface area contributed by atoms with Gasteiger partial charge in [0, 0.05) is 34.3 Å². The van der Waals surface area contributed by atoms with Crippen LogP contribution in [0.15, 0.2) is 46.9 Å². The molecule has 3 N–H and O–H groups in total. The van der Waals surface area contributed by atoms with Gasteiger partial charge in [-0.05, 0) is 56.2 Å². The topological polar surface area (TPSA) is 94.6 Å². The Balaban J connectivity index is 1.92. The van der Waals surface area contributed by atoms with Crippen molar-refractivity contribution in [2.45, 2.75) is 20.8 Å². The summed E-state index contributed by atoms with van der Waals surface area (Å²) >= 11 is 0. The average Bonchev–Trinajstić information content (AvgIpc) is 2.94. The molecule has 0 aliphatic rings. The van der Waals surface area contributed by atoms with E-state index in [1.54, 1.807) is 25.3 Å². The van der Waals surface area contributed by atoms with E-state index in [0.717, 1.165) is 33.4 Å². The molecule has 0 aliphatic heterocycles. The Morgan fingerprint density at radius 1 is 1.18 bits per heavy atom. The lowest BCUT2D eigenvalue weighted by atomic mass is 10.0. The SMILES string of the molecule is COc1cc2oc(C)c(C)c2cc1/C(C)=C/C(=O)Nc1cccc(C(N)=O)c1. The van der Waals surface area contributed by atoms with Crippen molar-refractivity contribution in [3.05, 3.63) is 64.9 Å². The molecule has 1 heterocycles. The monoisotopic (exact) mass is 378 g/mol. The van der Waals surface area contributed by atoms with Crippen molar-refractivity contribution in [1.29, 1.82) is 0 Å². The van der Waals surface area contributed by atoms with E-state index in [0.29, 0.717) is 17.0 Å². The molecular weight excluding hydrogens is 356 g/mol. The number of methoxy groups -OCH3 is 1. The van der Waals surface area contributed by atoms with Crippen molar-refractivity contribution >= 4 is 34.0 Å². The highest BCUT2D eigenvalue weighted by atomic mass is 16.5. The number of rotatable bonds is 5. The summed E-state index contributed by atoms with van der Waals surface area (Å²) in [6.45, 7) is 5.75. The third kappa shape index (κ3) is 3.76. The lowest BCUT2D eigenvalue weighted by Gasteiger charge is -2.10. The fraction of sp³-hybridized carbons (Fsp3) is 0.182. The first-order chi connectivity index (χ1) is 13.3. The number of allylic oxidation sites excluding steroid dienone is 1. The van der Waals surface area contributed by atoms with Gasteiger partial charge in [-0.1, -0.05) is 6.07 Å². The Bertz CT molecular complexity index is 1110. The molecule has 0 atom stereocenters. The molecule has 3 rings (SSSR count). The summed E-state index contributed by atoms with van der Waals surface area (Å²) in [6, 6.07) is 10.3. The molecule has 0 saturated heterocycles. The second kappa shape index (κ2) is 7.60. The minimum Gasteiger partial charge on any atom is -0.496 e. The van der Waals surface area contributed by atoms with Crippen LogP contribution >= 0.6 is 0 Å². The summed E-state index contributed by atoms with van der Waals surface area (Å²) in [5.41, 5.74) is 9.44. The highest BCUT2D eigenvalue weighted by molar-refractivity contribution is 6.05. The zero-order chi connectivity index (χ0) is 20.4. The number of ether oxygens (including phenoxy) is 1. The molecular formula is C22H22N2O4. The van der Waals surface area contributed by atoms with E-state index in [4.69, 9.17) is 14.9 Å². The first-order valence-electron chi connectivity index (χ1n) is 8.77. The molecule has 3 aromatic rings. The third-order valence-electron chi connectivity index (χ3n) is 4.68. The molecule has 6 heteroatoms. The summed E-state index contributed by atoms with van der Waals surface area (Å²) in [7, 11) is 1.58. The van der Waals surface area contributed by atoms with Gasteiger partial charge >= 0.3 is 0 Å². The standard InChI is InChI=1S/C22H22N2O4/c1-12(8-21(25)24-16-7-5-6-15(9-16)22(23)26)17-10-18-13(2)14(3)28-20(18)11-19(17)27-4/h5-11H,1-4H3,(H2,23,26)(H,24,25)/b12-8+. The number of amides is 2. The van der Waals surface area contributed by atoms with Crippen molar-refractivity contribution in [2.24, 2.45) is 5.73 Å². The molecule has 0 unspecified atom stereocenters. The van der Waals surface area contributed by atoms with Crippen LogP contribution in [0.4, 0.5) is 5.69 Å². The number of primary amides is 1. The highest BCUT2D eigenvalue weighted by Gasteiger charge is 2.14. The van der Waals surface area contributed by atoms with Crippen molar-refractivity contribution < 1.29 is 18.7 Å². The maximum Gasteiger partial charge on any atom is 0.248 e. The first-order valence-corrected chi connectivity index (χ1v) is 8.77. The maximum absolute atomic E-state index is 12.4. The van der Waals surface area contributed by atoms with Gasteiger partial charge in [0.1, 0.15) is 17.1 Å². The number of hydrogen-bond donors (Lipinski definition) is 2. The molecule has 0 aliphatic carbocycles. The Labute approximate surface area is 163 Å². The number of anilines is 1. The van der Waals surface area contributed by atoms with E-state index in [2.05, 4.69) is 5.32 Å². The number of fused-ring (bicyclic) bond motifs is 1. The van der Waals surface area contributed by atoms with Crippen LogP contribution in [0.25, 0.3) is 16.5 Å². The van der Waals surface area contributed by atoms with E-state index in [9.17, 15) is 9.59 Å². The third-order valence-corrected chi connectivity index (χ3v) is 4.68. The zero-order valence-corrected chi connectivity index (χ0v) is 16.3. The van der Waals surface area contributed by atoms with Gasteiger partial charge in [0.25, 0.3) is 0 Å². The molecule has 6 nitrogen and oxygen atoms in total. The van der Waals surface area contributed by atoms with Gasteiger partial charge in [-0.2, -0.15) is 0 Å². The first kappa shape index (κ1) is 19.2. The number of carbonyl (C=O) groups is 2. The van der Waals surface area contributed by atoms with Crippen molar-refractivity contribution in [2.75, 3.05) is 12.4 Å². The summed E-state index contributed by atoms with van der Waals surface area (Å²) in [4.78, 5) is 23.7. The maximum atomic E-state index is 12.4. The molecule has 0 radical (unpaired) electrons. The van der Waals surface area contributed by atoms with Crippen LogP contribution in [-0.2, 0) is 4.79 Å². The van der Waals surface area contributed by atoms with E-state index in [-0.39, 0.29) is 5.91 Å². The zero-order valence-electron chi connectivity index (χ0n) is 16.3. The molecule has 2 amide bonds. The van der Waals surface area contributed by atoms with Crippen LogP contribution in [0, 0.1) is 13.8 Å². The summed E-state index contributed by atoms with van der Waals surface area (Å²) in [5, 5.41) is 3.73. The summed E-state index contributed by atoms with van der Waals surface area (Å²) < 4.78 is 11.2. The Hall–Kier alpha value is -3.54. The number of nitrogens with one attached hydrogen (secondary N) is 1. The van der Waals surface area contributed by atoms with Gasteiger partial charge in [0.2, 0.25) is 11.8 Å². The lowest BCUT2D eigenvalue weighted by molar-refractivity contribution is -0.111. The Morgan fingerprint density at radius 3 is 2.61 bits per heavy atom. The van der Waals surface area contributed by atoms with Gasteiger partial charge in [-0.15, -0.1) is 0 Å². The van der Waals surface area contributed by atoms with Crippen molar-refractivity contribution in [3.8, 4) is 5.75 Å². The minimum atomic E-state index is -0.549. The molecule has 1 aromatic heterocycles. The van der Waals surface area contributed by atoms with Gasteiger partial charge < -0.3 is 20.2 Å². The lowest BCUT2D eigenvalue weighted by Crippen LogP contribution is -2.13. The molecule has 0 spiro atoms. The van der Waals surface area contributed by atoms with Crippen LogP contribution in [0.5, 0.6) is 5.75 Å². The van der Waals surface area contributed by atoms with Gasteiger partial charge in [-0.3, -0.25) is 9.59 Å². The number of benzene rings is 2. The van der Waals surface area contributed by atoms with Crippen molar-refractivity contribution in [3.63, 3.8) is 0 Å². The van der Waals surface area contributed by atoms with Gasteiger partial charge in [0.05, 0.1) is 7.11 Å². The largest absolute Gasteiger partial charge is 0.496 e. The summed E-state index contributed by atoms with van der Waals surface area (Å²) in [5.74, 6) is 0.606. The number of carbonyl (C=O) groups excluding carboxylic acids is 2. The Kier molecular flexibility index (Phi) is 5.22. The molecule has 2 aromatic carbocycles. The second-order valence-electron chi connectivity index (χ2n) is 6.59. The molecule has 0 saturated carbocycles. The van der Waals surface area contributed by atoms with E-state index in [1.165, 1.54) is 12.1 Å². The number of hydrogen-bond acceptors (Lipinski definition) is 4. The van der Waals surface area contributed by atoms with Gasteiger partial charge in [0.15, 0.2) is 0 Å². The number of nitrogens with two attached hydrogens (primary N) is 1. The smallest absolute Gasteiger partial charge is 0.248 e. The van der Waals surface area contributed by atoms with E-state index >= 15 is 0 Å². The number of aryl methyl sites for hydroxylation is 2. The predicted octanol–water partition coefficient (Wildman–Crippen LogP) is 4.20. The average molecular weight is 378 g/mol.